The summed E-state index contributed by atoms with van der Waals surface area (Å²) >= 11 is 3.63. The Hall–Kier alpha value is -1.07. The molecular weight excluding hydrogens is 330 g/mol. The maximum atomic E-state index is 5.30. The van der Waals surface area contributed by atoms with E-state index in [4.69, 9.17) is 9.72 Å². The molecule has 0 saturated heterocycles. The number of nitrogens with zero attached hydrogens (tertiary/aromatic N) is 3. The number of pyridine rings is 1. The molecule has 2 heterocycles. The summed E-state index contributed by atoms with van der Waals surface area (Å²) in [5.41, 5.74) is 2.22. The fourth-order valence-electron chi connectivity index (χ4n) is 2.91. The summed E-state index contributed by atoms with van der Waals surface area (Å²) in [4.78, 5) is 7.29. The Labute approximate surface area is 134 Å². The summed E-state index contributed by atoms with van der Waals surface area (Å²) < 4.78 is 7.47. The molecule has 0 N–H and O–H groups in total. The van der Waals surface area contributed by atoms with E-state index in [1.807, 2.05) is 6.07 Å². The Bertz CT molecular complexity index is 609. The summed E-state index contributed by atoms with van der Waals surface area (Å²) in [6, 6.07) is 6.66. The lowest BCUT2D eigenvalue weighted by Crippen LogP contribution is -2.38. The summed E-state index contributed by atoms with van der Waals surface area (Å²) in [6.07, 6.45) is 4.75. The zero-order valence-electron chi connectivity index (χ0n) is 12.6. The van der Waals surface area contributed by atoms with Gasteiger partial charge in [-0.15, -0.1) is 0 Å². The van der Waals surface area contributed by atoms with Crippen LogP contribution < -0.4 is 4.90 Å². The summed E-state index contributed by atoms with van der Waals surface area (Å²) in [5.74, 6) is 1.89. The largest absolute Gasteiger partial charge is 0.383 e. The number of halogens is 1. The van der Waals surface area contributed by atoms with Gasteiger partial charge in [0.2, 0.25) is 0 Å². The first kappa shape index (κ1) is 14.9. The highest BCUT2D eigenvalue weighted by Gasteiger charge is 2.34. The van der Waals surface area contributed by atoms with Gasteiger partial charge >= 0.3 is 0 Å². The van der Waals surface area contributed by atoms with E-state index in [1.165, 1.54) is 18.5 Å². The van der Waals surface area contributed by atoms with Gasteiger partial charge < -0.3 is 14.0 Å². The van der Waals surface area contributed by atoms with Crippen molar-refractivity contribution in [3.8, 4) is 0 Å². The maximum absolute atomic E-state index is 5.30. The van der Waals surface area contributed by atoms with Gasteiger partial charge in [0.1, 0.15) is 5.65 Å². The third kappa shape index (κ3) is 2.94. The van der Waals surface area contributed by atoms with Gasteiger partial charge in [0.25, 0.3) is 0 Å². The van der Waals surface area contributed by atoms with Crippen molar-refractivity contribution in [1.82, 2.24) is 9.38 Å². The Kier molecular flexibility index (Phi) is 4.50. The zero-order chi connectivity index (χ0) is 14.8. The van der Waals surface area contributed by atoms with Crippen molar-refractivity contribution in [3.63, 3.8) is 0 Å². The molecule has 1 fully saturated rings. The molecule has 1 aliphatic rings. The van der Waals surface area contributed by atoms with Gasteiger partial charge in [-0.05, 0) is 37.8 Å². The summed E-state index contributed by atoms with van der Waals surface area (Å²) in [6.45, 7) is 3.93. The molecule has 0 spiro atoms. The third-order valence-corrected chi connectivity index (χ3v) is 4.87. The highest BCUT2D eigenvalue weighted by molar-refractivity contribution is 9.08. The molecule has 0 amide bonds. The molecule has 1 saturated carbocycles. The van der Waals surface area contributed by atoms with Gasteiger partial charge in [-0.3, -0.25) is 0 Å². The molecule has 21 heavy (non-hydrogen) atoms. The standard InChI is InChI=1S/C16H22BrN3O/c1-12(13-6-7-13)19(9-10-21-2)16-14(11-17)20-8-4-3-5-15(20)18-16/h3-5,8,12-13H,6-7,9-11H2,1-2H3. The minimum absolute atomic E-state index is 0.517. The molecule has 3 rings (SSSR count). The molecule has 0 radical (unpaired) electrons. The lowest BCUT2D eigenvalue weighted by molar-refractivity contribution is 0.202. The minimum Gasteiger partial charge on any atom is -0.383 e. The first-order valence-electron chi connectivity index (χ1n) is 7.53. The van der Waals surface area contributed by atoms with Gasteiger partial charge in [0.05, 0.1) is 12.3 Å². The van der Waals surface area contributed by atoms with Crippen LogP contribution in [0.25, 0.3) is 5.65 Å². The van der Waals surface area contributed by atoms with Gasteiger partial charge in [-0.25, -0.2) is 4.98 Å². The number of anilines is 1. The molecule has 4 nitrogen and oxygen atoms in total. The van der Waals surface area contributed by atoms with Crippen LogP contribution in [0.4, 0.5) is 5.82 Å². The fraction of sp³-hybridized carbons (Fsp3) is 0.562. The predicted molar refractivity (Wildman–Crippen MR) is 89.2 cm³/mol. The van der Waals surface area contributed by atoms with Crippen LogP contribution in [0, 0.1) is 5.92 Å². The number of aromatic nitrogens is 2. The van der Waals surface area contributed by atoms with E-state index in [0.29, 0.717) is 6.04 Å². The number of fused-ring (bicyclic) bond motifs is 1. The Balaban J connectivity index is 2.00. The van der Waals surface area contributed by atoms with E-state index in [0.717, 1.165) is 35.9 Å². The molecule has 0 aromatic carbocycles. The number of ether oxygens (including phenoxy) is 1. The van der Waals surface area contributed by atoms with Crippen molar-refractivity contribution in [1.29, 1.82) is 0 Å². The molecule has 2 aromatic heterocycles. The van der Waals surface area contributed by atoms with Gasteiger partial charge in [0.15, 0.2) is 5.82 Å². The van der Waals surface area contributed by atoms with E-state index in [1.54, 1.807) is 7.11 Å². The highest BCUT2D eigenvalue weighted by Crippen LogP contribution is 2.37. The quantitative estimate of drug-likeness (QED) is 0.715. The van der Waals surface area contributed by atoms with Crippen LogP contribution in [0.5, 0.6) is 0 Å². The van der Waals surface area contributed by atoms with E-state index in [-0.39, 0.29) is 0 Å². The van der Waals surface area contributed by atoms with Crippen LogP contribution in [-0.2, 0) is 10.1 Å². The number of hydrogen-bond donors (Lipinski definition) is 0. The molecular formula is C16H22BrN3O. The fourth-order valence-corrected chi connectivity index (χ4v) is 3.43. The Morgan fingerprint density at radius 3 is 2.95 bits per heavy atom. The summed E-state index contributed by atoms with van der Waals surface area (Å²) in [7, 11) is 1.76. The third-order valence-electron chi connectivity index (χ3n) is 4.34. The van der Waals surface area contributed by atoms with Gasteiger partial charge in [-0.1, -0.05) is 22.0 Å². The second-order valence-electron chi connectivity index (χ2n) is 5.71. The molecule has 0 bridgehead atoms. The number of imidazole rings is 1. The van der Waals surface area contributed by atoms with Crippen LogP contribution in [0.1, 0.15) is 25.5 Å². The average Bonchev–Trinajstić information content (AvgIpc) is 3.28. The minimum atomic E-state index is 0.517. The van der Waals surface area contributed by atoms with Crippen LogP contribution >= 0.6 is 15.9 Å². The van der Waals surface area contributed by atoms with Crippen LogP contribution in [0.3, 0.4) is 0 Å². The van der Waals surface area contributed by atoms with Crippen molar-refractivity contribution in [2.45, 2.75) is 31.1 Å². The number of alkyl halides is 1. The zero-order valence-corrected chi connectivity index (χ0v) is 14.2. The normalized spacial score (nSPS) is 16.3. The van der Waals surface area contributed by atoms with Crippen molar-refractivity contribution >= 4 is 27.4 Å². The Morgan fingerprint density at radius 2 is 2.29 bits per heavy atom. The van der Waals surface area contributed by atoms with Crippen LogP contribution in [0.15, 0.2) is 24.4 Å². The maximum Gasteiger partial charge on any atom is 0.152 e. The molecule has 1 unspecified atom stereocenters. The second kappa shape index (κ2) is 6.36. The SMILES string of the molecule is COCCN(c1nc2ccccn2c1CBr)C(C)C1CC1. The van der Waals surface area contributed by atoms with Gasteiger partial charge in [-0.2, -0.15) is 0 Å². The first-order valence-corrected chi connectivity index (χ1v) is 8.66. The second-order valence-corrected chi connectivity index (χ2v) is 6.27. The number of hydrogen-bond acceptors (Lipinski definition) is 3. The van der Waals surface area contributed by atoms with Crippen molar-refractivity contribution in [3.05, 3.63) is 30.1 Å². The molecule has 2 aromatic rings. The topological polar surface area (TPSA) is 29.8 Å². The molecule has 5 heteroatoms. The van der Waals surface area contributed by atoms with Crippen molar-refractivity contribution in [2.24, 2.45) is 5.92 Å². The lowest BCUT2D eigenvalue weighted by atomic mass is 10.2. The first-order chi connectivity index (χ1) is 10.3. The van der Waals surface area contributed by atoms with E-state index < -0.39 is 0 Å². The Morgan fingerprint density at radius 1 is 1.48 bits per heavy atom. The lowest BCUT2D eigenvalue weighted by Gasteiger charge is -2.30. The highest BCUT2D eigenvalue weighted by atomic mass is 79.9. The number of methoxy groups -OCH3 is 1. The molecule has 1 atom stereocenters. The van der Waals surface area contributed by atoms with E-state index >= 15 is 0 Å². The summed E-state index contributed by atoms with van der Waals surface area (Å²) in [5, 5.41) is 0.800. The van der Waals surface area contributed by atoms with Crippen LogP contribution in [0.2, 0.25) is 0 Å². The van der Waals surface area contributed by atoms with Gasteiger partial charge in [0, 0.05) is 31.2 Å². The van der Waals surface area contributed by atoms with Crippen LogP contribution in [-0.4, -0.2) is 35.7 Å². The van der Waals surface area contributed by atoms with Crippen molar-refractivity contribution in [2.75, 3.05) is 25.2 Å². The number of rotatable bonds is 7. The molecule has 0 aliphatic heterocycles. The average molecular weight is 352 g/mol. The van der Waals surface area contributed by atoms with Crippen molar-refractivity contribution < 1.29 is 4.74 Å². The molecule has 114 valence electrons. The monoisotopic (exact) mass is 351 g/mol. The predicted octanol–water partition coefficient (Wildman–Crippen LogP) is 3.48. The van der Waals surface area contributed by atoms with E-state index in [9.17, 15) is 0 Å². The van der Waals surface area contributed by atoms with E-state index in [2.05, 4.69) is 50.5 Å². The smallest absolute Gasteiger partial charge is 0.152 e. The molecule has 1 aliphatic carbocycles.